The lowest BCUT2D eigenvalue weighted by atomic mass is 10.1. The van der Waals surface area contributed by atoms with Crippen molar-refractivity contribution < 1.29 is 4.79 Å². The first kappa shape index (κ1) is 13.8. The Labute approximate surface area is 133 Å². The molecule has 5 nitrogen and oxygen atoms in total. The maximum Gasteiger partial charge on any atom is 0.317 e. The van der Waals surface area contributed by atoms with E-state index in [1.165, 1.54) is 0 Å². The minimum Gasteiger partial charge on any atom is -0.336 e. The molecule has 2 fully saturated rings. The van der Waals surface area contributed by atoms with Gasteiger partial charge in [0, 0.05) is 54.9 Å². The minimum atomic E-state index is 0.0644. The summed E-state index contributed by atoms with van der Waals surface area (Å²) in [6.45, 7) is 4.01. The number of halogens is 1. The number of benzene rings is 1. The van der Waals surface area contributed by atoms with Gasteiger partial charge in [-0.1, -0.05) is 23.7 Å². The lowest BCUT2D eigenvalue weighted by molar-refractivity contribution is 0.117. The van der Waals surface area contributed by atoms with Gasteiger partial charge in [0.25, 0.3) is 0 Å². The number of pyridine rings is 1. The summed E-state index contributed by atoms with van der Waals surface area (Å²) in [6.07, 6.45) is 1.81. The van der Waals surface area contributed by atoms with Crippen molar-refractivity contribution in [3.8, 4) is 0 Å². The second-order valence-electron chi connectivity index (χ2n) is 5.87. The first-order valence-electron chi connectivity index (χ1n) is 7.51. The van der Waals surface area contributed by atoms with Crippen LogP contribution in [0.4, 0.5) is 4.79 Å². The number of hydrogen-bond acceptors (Lipinski definition) is 3. The molecule has 22 heavy (non-hydrogen) atoms. The molecule has 2 aliphatic heterocycles. The van der Waals surface area contributed by atoms with Crippen LogP contribution in [0.2, 0.25) is 5.02 Å². The minimum absolute atomic E-state index is 0.0644. The molecule has 0 saturated carbocycles. The third kappa shape index (κ3) is 2.30. The first-order chi connectivity index (χ1) is 10.7. The van der Waals surface area contributed by atoms with E-state index in [0.717, 1.165) is 54.2 Å². The van der Waals surface area contributed by atoms with Crippen molar-refractivity contribution >= 4 is 28.5 Å². The van der Waals surface area contributed by atoms with Gasteiger partial charge >= 0.3 is 6.03 Å². The number of carbonyl (C=O) groups is 1. The highest BCUT2D eigenvalue weighted by atomic mass is 35.5. The summed E-state index contributed by atoms with van der Waals surface area (Å²) in [4.78, 5) is 20.5. The summed E-state index contributed by atoms with van der Waals surface area (Å²) >= 11 is 6.41. The van der Waals surface area contributed by atoms with Gasteiger partial charge in [-0.15, -0.1) is 0 Å². The normalized spacial score (nSPS) is 22.0. The molecule has 1 unspecified atom stereocenters. The number of carbonyl (C=O) groups excluding carboxylic acids is 1. The number of hydrogen-bond donors (Lipinski definition) is 1. The summed E-state index contributed by atoms with van der Waals surface area (Å²) in [5.74, 6) is 0. The average Bonchev–Trinajstić information content (AvgIpc) is 2.91. The van der Waals surface area contributed by atoms with E-state index in [0.29, 0.717) is 0 Å². The van der Waals surface area contributed by atoms with Gasteiger partial charge in [-0.05, 0) is 12.1 Å². The number of aromatic nitrogens is 1. The van der Waals surface area contributed by atoms with Crippen LogP contribution < -0.4 is 5.32 Å². The Hall–Kier alpha value is -1.85. The van der Waals surface area contributed by atoms with Gasteiger partial charge in [0.2, 0.25) is 0 Å². The third-order valence-electron chi connectivity index (χ3n) is 4.52. The van der Waals surface area contributed by atoms with E-state index in [4.69, 9.17) is 11.6 Å². The number of fused-ring (bicyclic) bond motifs is 2. The fourth-order valence-corrected chi connectivity index (χ4v) is 3.58. The maximum atomic E-state index is 11.7. The lowest BCUT2D eigenvalue weighted by Crippen LogP contribution is -2.51. The Morgan fingerprint density at radius 2 is 2.23 bits per heavy atom. The van der Waals surface area contributed by atoms with Crippen LogP contribution >= 0.6 is 11.6 Å². The van der Waals surface area contributed by atoms with Crippen LogP contribution in [0, 0.1) is 0 Å². The Bertz CT molecular complexity index is 735. The zero-order valence-corrected chi connectivity index (χ0v) is 12.9. The van der Waals surface area contributed by atoms with Gasteiger partial charge in [0.1, 0.15) is 0 Å². The van der Waals surface area contributed by atoms with Gasteiger partial charge in [0.15, 0.2) is 0 Å². The molecule has 0 radical (unpaired) electrons. The predicted octanol–water partition coefficient (Wildman–Crippen LogP) is 2.10. The van der Waals surface area contributed by atoms with E-state index in [9.17, 15) is 4.79 Å². The highest BCUT2D eigenvalue weighted by molar-refractivity contribution is 6.32. The number of nitrogens with one attached hydrogen (secondary N) is 1. The molecule has 1 N–H and O–H groups in total. The molecule has 2 aromatic rings. The zero-order chi connectivity index (χ0) is 15.1. The molecule has 0 aliphatic carbocycles. The second kappa shape index (κ2) is 5.41. The van der Waals surface area contributed by atoms with Gasteiger partial charge < -0.3 is 10.2 Å². The van der Waals surface area contributed by atoms with Crippen LogP contribution in [0.5, 0.6) is 0 Å². The van der Waals surface area contributed by atoms with Crippen LogP contribution in [-0.2, 0) is 6.54 Å². The third-order valence-corrected chi connectivity index (χ3v) is 4.87. The second-order valence-corrected chi connectivity index (χ2v) is 6.28. The van der Waals surface area contributed by atoms with Crippen molar-refractivity contribution in [2.45, 2.75) is 12.6 Å². The van der Waals surface area contributed by atoms with Crippen LogP contribution in [0.1, 0.15) is 5.56 Å². The van der Waals surface area contributed by atoms with Crippen molar-refractivity contribution in [1.82, 2.24) is 20.1 Å². The Morgan fingerprint density at radius 1 is 1.32 bits per heavy atom. The van der Waals surface area contributed by atoms with Crippen LogP contribution in [0.15, 0.2) is 30.5 Å². The molecular weight excluding hydrogens is 300 g/mol. The van der Waals surface area contributed by atoms with E-state index in [1.807, 2.05) is 23.1 Å². The van der Waals surface area contributed by atoms with Crippen LogP contribution in [0.25, 0.3) is 10.9 Å². The highest BCUT2D eigenvalue weighted by Gasteiger charge is 2.35. The summed E-state index contributed by atoms with van der Waals surface area (Å²) < 4.78 is 0. The number of urea groups is 1. The van der Waals surface area contributed by atoms with Crippen molar-refractivity contribution in [2.24, 2.45) is 0 Å². The number of rotatable bonds is 2. The average molecular weight is 317 g/mol. The maximum absolute atomic E-state index is 11.7. The van der Waals surface area contributed by atoms with Crippen LogP contribution in [0.3, 0.4) is 0 Å². The first-order valence-corrected chi connectivity index (χ1v) is 7.89. The zero-order valence-electron chi connectivity index (χ0n) is 12.1. The largest absolute Gasteiger partial charge is 0.336 e. The summed E-state index contributed by atoms with van der Waals surface area (Å²) in [5, 5.41) is 4.78. The molecule has 3 heterocycles. The SMILES string of the molecule is O=C1NCC2CN(Cc3c(Cl)ccc4cccnc34)CCN12. The predicted molar refractivity (Wildman–Crippen MR) is 85.9 cm³/mol. The number of piperazine rings is 1. The summed E-state index contributed by atoms with van der Waals surface area (Å²) in [6, 6.07) is 8.27. The fraction of sp³-hybridized carbons (Fsp3) is 0.375. The molecule has 2 saturated heterocycles. The monoisotopic (exact) mass is 316 g/mol. The van der Waals surface area contributed by atoms with Gasteiger partial charge in [-0.2, -0.15) is 0 Å². The van der Waals surface area contributed by atoms with E-state index >= 15 is 0 Å². The van der Waals surface area contributed by atoms with E-state index in [2.05, 4.69) is 21.3 Å². The van der Waals surface area contributed by atoms with E-state index in [1.54, 1.807) is 6.20 Å². The molecule has 1 aromatic heterocycles. The molecule has 4 rings (SSSR count). The van der Waals surface area contributed by atoms with Crippen molar-refractivity contribution in [1.29, 1.82) is 0 Å². The smallest absolute Gasteiger partial charge is 0.317 e. The molecule has 0 spiro atoms. The van der Waals surface area contributed by atoms with E-state index < -0.39 is 0 Å². The van der Waals surface area contributed by atoms with Crippen molar-refractivity contribution in [2.75, 3.05) is 26.2 Å². The molecule has 2 amide bonds. The van der Waals surface area contributed by atoms with Gasteiger partial charge in [-0.3, -0.25) is 9.88 Å². The quantitative estimate of drug-likeness (QED) is 0.923. The Kier molecular flexibility index (Phi) is 3.39. The molecular formula is C16H17ClN4O. The number of amides is 2. The van der Waals surface area contributed by atoms with Gasteiger partial charge in [-0.25, -0.2) is 4.79 Å². The van der Waals surface area contributed by atoms with Crippen molar-refractivity contribution in [3.63, 3.8) is 0 Å². The topological polar surface area (TPSA) is 48.5 Å². The summed E-state index contributed by atoms with van der Waals surface area (Å²) in [7, 11) is 0. The molecule has 114 valence electrons. The Balaban J connectivity index is 1.59. The Morgan fingerprint density at radius 3 is 3.14 bits per heavy atom. The molecule has 2 aliphatic rings. The highest BCUT2D eigenvalue weighted by Crippen LogP contribution is 2.27. The molecule has 0 bridgehead atoms. The van der Waals surface area contributed by atoms with E-state index in [-0.39, 0.29) is 12.1 Å². The molecule has 1 aromatic carbocycles. The van der Waals surface area contributed by atoms with Gasteiger partial charge in [0.05, 0.1) is 11.6 Å². The van der Waals surface area contributed by atoms with Crippen LogP contribution in [-0.4, -0.2) is 53.0 Å². The summed E-state index contributed by atoms with van der Waals surface area (Å²) in [5.41, 5.74) is 2.04. The molecule has 6 heteroatoms. The standard InChI is InChI=1S/C16H17ClN4O/c17-14-4-3-11-2-1-5-18-15(11)13(14)10-20-6-7-21-12(9-20)8-19-16(21)22/h1-5,12H,6-10H2,(H,19,22). The number of nitrogens with zero attached hydrogens (tertiary/aromatic N) is 3. The lowest BCUT2D eigenvalue weighted by Gasteiger charge is -2.36. The fourth-order valence-electron chi connectivity index (χ4n) is 3.37. The van der Waals surface area contributed by atoms with Crippen molar-refractivity contribution in [3.05, 3.63) is 41.0 Å². The molecule has 1 atom stereocenters.